The van der Waals surface area contributed by atoms with Crippen molar-refractivity contribution in [1.82, 2.24) is 4.57 Å². The average molecular weight is 301 g/mol. The van der Waals surface area contributed by atoms with Crippen LogP contribution < -0.4 is 10.2 Å². The van der Waals surface area contributed by atoms with E-state index in [1.807, 2.05) is 55.8 Å². The fourth-order valence-corrected chi connectivity index (χ4v) is 2.53. The van der Waals surface area contributed by atoms with Crippen LogP contribution in [0.25, 0.3) is 0 Å². The highest BCUT2D eigenvalue weighted by Crippen LogP contribution is 2.28. The topological polar surface area (TPSA) is 40.5 Å². The van der Waals surface area contributed by atoms with E-state index in [0.29, 0.717) is 12.4 Å². The fourth-order valence-electron chi connectivity index (χ4n) is 2.53. The highest BCUT2D eigenvalue weighted by atomic mass is 16.5. The molecule has 0 saturated carbocycles. The van der Waals surface area contributed by atoms with Gasteiger partial charge in [0.25, 0.3) is 0 Å². The molecule has 0 bridgehead atoms. The average Bonchev–Trinajstić information content (AvgIpc) is 2.53. The Balaban J connectivity index is 2.41. The van der Waals surface area contributed by atoms with Crippen molar-refractivity contribution in [3.63, 3.8) is 0 Å². The second kappa shape index (κ2) is 7.27. The number of pyridine rings is 1. The van der Waals surface area contributed by atoms with Crippen molar-refractivity contribution in [2.45, 2.75) is 33.0 Å². The molecule has 4 nitrogen and oxygen atoms in total. The molecule has 1 unspecified atom stereocenters. The number of benzene rings is 1. The van der Waals surface area contributed by atoms with Gasteiger partial charge in [-0.2, -0.15) is 0 Å². The molecule has 0 saturated heterocycles. The molecule has 1 aromatic heterocycles. The second-order valence-corrected chi connectivity index (χ2v) is 5.33. The molecule has 1 aromatic carbocycles. The van der Waals surface area contributed by atoms with E-state index >= 15 is 0 Å². The molecule has 4 heteroatoms. The quantitative estimate of drug-likeness (QED) is 0.821. The maximum Gasteiger partial charge on any atom is 0.224 e. The van der Waals surface area contributed by atoms with Crippen LogP contribution in [0, 0.1) is 6.92 Å². The van der Waals surface area contributed by atoms with Gasteiger partial charge < -0.3 is 14.0 Å². The molecular formula is C18H23NO3. The van der Waals surface area contributed by atoms with Gasteiger partial charge in [0.2, 0.25) is 5.43 Å². The van der Waals surface area contributed by atoms with Gasteiger partial charge in [-0.3, -0.25) is 4.79 Å². The van der Waals surface area contributed by atoms with E-state index in [-0.39, 0.29) is 11.5 Å². The first-order valence-corrected chi connectivity index (χ1v) is 7.48. The van der Waals surface area contributed by atoms with Crippen LogP contribution in [-0.2, 0) is 18.4 Å². The van der Waals surface area contributed by atoms with Crippen molar-refractivity contribution in [2.75, 3.05) is 7.11 Å². The molecule has 0 aliphatic carbocycles. The molecule has 2 aromatic rings. The van der Waals surface area contributed by atoms with Gasteiger partial charge in [-0.15, -0.1) is 0 Å². The molecule has 2 rings (SSSR count). The van der Waals surface area contributed by atoms with E-state index in [4.69, 9.17) is 9.47 Å². The van der Waals surface area contributed by atoms with Gasteiger partial charge in [-0.1, -0.05) is 37.3 Å². The van der Waals surface area contributed by atoms with E-state index in [0.717, 1.165) is 23.4 Å². The fraction of sp³-hybridized carbons (Fsp3) is 0.389. The maximum absolute atomic E-state index is 12.4. The van der Waals surface area contributed by atoms with Crippen LogP contribution in [0.5, 0.6) is 5.75 Å². The summed E-state index contributed by atoms with van der Waals surface area (Å²) in [5.41, 5.74) is 2.62. The first-order valence-electron chi connectivity index (χ1n) is 7.48. The first kappa shape index (κ1) is 16.3. The number of aryl methyl sites for hydroxylation is 1. The number of hydrogen-bond acceptors (Lipinski definition) is 3. The molecule has 22 heavy (non-hydrogen) atoms. The van der Waals surface area contributed by atoms with Gasteiger partial charge in [0, 0.05) is 25.9 Å². The Morgan fingerprint density at radius 2 is 1.91 bits per heavy atom. The molecule has 1 atom stereocenters. The van der Waals surface area contributed by atoms with Gasteiger partial charge >= 0.3 is 0 Å². The lowest BCUT2D eigenvalue weighted by Gasteiger charge is -2.22. The molecular weight excluding hydrogens is 278 g/mol. The van der Waals surface area contributed by atoms with E-state index in [9.17, 15) is 4.79 Å². The van der Waals surface area contributed by atoms with Crippen LogP contribution in [0.2, 0.25) is 0 Å². The predicted molar refractivity (Wildman–Crippen MR) is 87.2 cm³/mol. The lowest BCUT2D eigenvalue weighted by molar-refractivity contribution is 0.0889. The smallest absolute Gasteiger partial charge is 0.224 e. The Morgan fingerprint density at radius 1 is 1.23 bits per heavy atom. The molecule has 0 N–H and O–H groups in total. The molecule has 0 spiro atoms. The van der Waals surface area contributed by atoms with E-state index < -0.39 is 0 Å². The number of hydrogen-bond donors (Lipinski definition) is 0. The van der Waals surface area contributed by atoms with Crippen molar-refractivity contribution < 1.29 is 9.47 Å². The van der Waals surface area contributed by atoms with Crippen molar-refractivity contribution in [1.29, 1.82) is 0 Å². The summed E-state index contributed by atoms with van der Waals surface area (Å²) in [6.45, 7) is 4.31. The zero-order valence-corrected chi connectivity index (χ0v) is 13.6. The van der Waals surface area contributed by atoms with Gasteiger partial charge in [0.1, 0.15) is 12.7 Å². The summed E-state index contributed by atoms with van der Waals surface area (Å²) in [4.78, 5) is 12.4. The summed E-state index contributed by atoms with van der Waals surface area (Å²) >= 11 is 0. The second-order valence-electron chi connectivity index (χ2n) is 5.33. The van der Waals surface area contributed by atoms with Crippen molar-refractivity contribution in [2.24, 2.45) is 7.05 Å². The van der Waals surface area contributed by atoms with Crippen LogP contribution in [0.3, 0.4) is 0 Å². The Hall–Kier alpha value is -2.07. The van der Waals surface area contributed by atoms with E-state index in [1.54, 1.807) is 13.2 Å². The van der Waals surface area contributed by atoms with Gasteiger partial charge in [-0.05, 0) is 18.9 Å². The predicted octanol–water partition coefficient (Wildman–Crippen LogP) is 3.37. The van der Waals surface area contributed by atoms with Crippen molar-refractivity contribution in [3.05, 3.63) is 63.6 Å². The number of aromatic nitrogens is 1. The van der Waals surface area contributed by atoms with E-state index in [2.05, 4.69) is 0 Å². The Morgan fingerprint density at radius 3 is 2.50 bits per heavy atom. The Kier molecular flexibility index (Phi) is 5.39. The maximum atomic E-state index is 12.4. The van der Waals surface area contributed by atoms with Crippen LogP contribution in [-0.4, -0.2) is 11.7 Å². The molecule has 0 radical (unpaired) electrons. The number of rotatable bonds is 6. The minimum atomic E-state index is -0.164. The van der Waals surface area contributed by atoms with E-state index in [1.165, 1.54) is 0 Å². The van der Waals surface area contributed by atoms with Crippen LogP contribution >= 0.6 is 0 Å². The lowest BCUT2D eigenvalue weighted by Crippen LogP contribution is -2.20. The van der Waals surface area contributed by atoms with Crippen LogP contribution in [0.4, 0.5) is 0 Å². The summed E-state index contributed by atoms with van der Waals surface area (Å²) in [6.07, 6.45) is 0.609. The number of nitrogens with zero attached hydrogens (tertiary/aromatic N) is 1. The molecule has 118 valence electrons. The Labute approximate surface area is 131 Å². The Bertz CT molecular complexity index is 673. The molecule has 0 fully saturated rings. The van der Waals surface area contributed by atoms with Gasteiger partial charge in [-0.25, -0.2) is 0 Å². The van der Waals surface area contributed by atoms with Crippen molar-refractivity contribution >= 4 is 0 Å². The normalized spacial score (nSPS) is 12.2. The minimum absolute atomic E-state index is 0.1000. The minimum Gasteiger partial charge on any atom is -0.483 e. The van der Waals surface area contributed by atoms with Crippen LogP contribution in [0.1, 0.15) is 36.4 Å². The standard InChI is InChI=1S/C18H23NO3/c1-5-16(21-4)17-18(15(20)11-13(2)19(17)3)22-12-14-9-7-6-8-10-14/h6-11,16H,5,12H2,1-4H3. The molecule has 0 amide bonds. The summed E-state index contributed by atoms with van der Waals surface area (Å²) in [7, 11) is 3.59. The lowest BCUT2D eigenvalue weighted by atomic mass is 10.1. The third-order valence-electron chi connectivity index (χ3n) is 3.87. The number of ether oxygens (including phenoxy) is 2. The molecule has 0 aliphatic heterocycles. The van der Waals surface area contributed by atoms with Crippen molar-refractivity contribution in [3.8, 4) is 5.75 Å². The third-order valence-corrected chi connectivity index (χ3v) is 3.87. The molecule has 0 aliphatic rings. The largest absolute Gasteiger partial charge is 0.483 e. The molecule has 1 heterocycles. The first-order chi connectivity index (χ1) is 10.6. The monoisotopic (exact) mass is 301 g/mol. The highest BCUT2D eigenvalue weighted by Gasteiger charge is 2.21. The van der Waals surface area contributed by atoms with Gasteiger partial charge in [0.05, 0.1) is 5.69 Å². The summed E-state index contributed by atoms with van der Waals surface area (Å²) in [5.74, 6) is 0.380. The van der Waals surface area contributed by atoms with Crippen LogP contribution in [0.15, 0.2) is 41.2 Å². The zero-order valence-electron chi connectivity index (χ0n) is 13.6. The summed E-state index contributed by atoms with van der Waals surface area (Å²) < 4.78 is 13.4. The zero-order chi connectivity index (χ0) is 16.1. The third kappa shape index (κ3) is 3.39. The van der Waals surface area contributed by atoms with Gasteiger partial charge in [0.15, 0.2) is 5.75 Å². The highest BCUT2D eigenvalue weighted by molar-refractivity contribution is 5.33. The summed E-state index contributed by atoms with van der Waals surface area (Å²) in [6, 6.07) is 11.4. The number of methoxy groups -OCH3 is 1. The SMILES string of the molecule is CCC(OC)c1c(OCc2ccccc2)c(=O)cc(C)n1C. The summed E-state index contributed by atoms with van der Waals surface area (Å²) in [5, 5.41) is 0.